The van der Waals surface area contributed by atoms with Crippen LogP contribution >= 0.6 is 0 Å². The van der Waals surface area contributed by atoms with Crippen LogP contribution in [0.2, 0.25) is 0 Å². The lowest BCUT2D eigenvalue weighted by Gasteiger charge is -2.32. The molecule has 2 aromatic carbocycles. The molecule has 4 heterocycles. The van der Waals surface area contributed by atoms with Crippen LogP contribution in [-0.4, -0.2) is 56.7 Å². The normalized spacial score (nSPS) is 21.9. The molecule has 4 aliphatic heterocycles. The van der Waals surface area contributed by atoms with Crippen molar-refractivity contribution in [1.29, 1.82) is 0 Å². The molecule has 0 fully saturated rings. The van der Waals surface area contributed by atoms with E-state index in [1.54, 1.807) is 6.07 Å². The summed E-state index contributed by atoms with van der Waals surface area (Å²) in [6.45, 7) is 2.48. The van der Waals surface area contributed by atoms with Crippen LogP contribution < -0.4 is 20.9 Å². The molecule has 2 bridgehead atoms. The number of hydrogen-bond acceptors (Lipinski definition) is 10. The number of ketones is 1. The van der Waals surface area contributed by atoms with Crippen molar-refractivity contribution in [2.75, 3.05) is 6.54 Å². The monoisotopic (exact) mass is 650 g/mol. The topological polar surface area (TPSA) is 164 Å². The zero-order valence-electron chi connectivity index (χ0n) is 27.1. The van der Waals surface area contributed by atoms with Gasteiger partial charge in [-0.05, 0) is 59.2 Å². The van der Waals surface area contributed by atoms with E-state index < -0.39 is 36.6 Å². The van der Waals surface area contributed by atoms with Crippen molar-refractivity contribution in [3.63, 3.8) is 0 Å². The summed E-state index contributed by atoms with van der Waals surface area (Å²) in [5.74, 6) is 9.82. The number of nitrogens with zero attached hydrogens (tertiary/aromatic N) is 2. The second kappa shape index (κ2) is 14.8. The Morgan fingerprint density at radius 2 is 1.98 bits per heavy atom. The lowest BCUT2D eigenvalue weighted by molar-refractivity contribution is -0.121. The lowest BCUT2D eigenvalue weighted by Crippen LogP contribution is -2.41. The standard InChI is InChI=1S/C38H42N4O6/c1-2-4-28(43)18-30(45)19-29(44)10-6-23-7-13-35-36(15-23)48-38-24(5-3-14-47-35)9-12-34(46)31-11-8-25(37(39)40)16-26(31)17-27-20-41-33-22-42(38)21-32(27)33/h7-8,11,13,15-16,20-21,24,28,30,34,37-38,43,45-46H,2,4-6,10,17-19,22,39-40H2,1H3/t24-,28-,30+,34+,38-/m0/s1. The van der Waals surface area contributed by atoms with Gasteiger partial charge in [-0.2, -0.15) is 0 Å². The molecule has 48 heavy (non-hydrogen) atoms. The van der Waals surface area contributed by atoms with Gasteiger partial charge in [0, 0.05) is 43.7 Å². The van der Waals surface area contributed by atoms with Crippen molar-refractivity contribution in [1.82, 2.24) is 4.90 Å². The molecule has 5 atom stereocenters. The van der Waals surface area contributed by atoms with Crippen molar-refractivity contribution >= 4 is 11.5 Å². The molecule has 250 valence electrons. The molecule has 0 aliphatic carbocycles. The first-order valence-corrected chi connectivity index (χ1v) is 16.6. The number of aryl methyl sites for hydroxylation is 1. The van der Waals surface area contributed by atoms with E-state index in [1.807, 2.05) is 43.5 Å². The van der Waals surface area contributed by atoms with Crippen molar-refractivity contribution in [2.45, 2.75) is 89.0 Å². The summed E-state index contributed by atoms with van der Waals surface area (Å²) in [6, 6.07) is 11.1. The van der Waals surface area contributed by atoms with E-state index in [-0.39, 0.29) is 25.0 Å². The molecule has 0 amide bonds. The Labute approximate surface area is 281 Å². The number of aliphatic hydroxyl groups excluding tert-OH is 3. The third kappa shape index (κ3) is 7.65. The van der Waals surface area contributed by atoms with Gasteiger partial charge in [0.1, 0.15) is 18.0 Å². The number of allylic oxidation sites excluding steroid dienone is 1. The third-order valence-electron chi connectivity index (χ3n) is 9.10. The number of carbonyl (C=O) groups is 1. The first-order valence-electron chi connectivity index (χ1n) is 16.6. The van der Waals surface area contributed by atoms with E-state index in [0.717, 1.165) is 40.0 Å². The predicted molar refractivity (Wildman–Crippen MR) is 181 cm³/mol. The smallest absolute Gasteiger partial charge is 0.187 e. The average Bonchev–Trinajstić information content (AvgIpc) is 3.65. The van der Waals surface area contributed by atoms with Crippen molar-refractivity contribution in [3.05, 3.63) is 82.2 Å². The zero-order valence-corrected chi connectivity index (χ0v) is 27.1. The first-order chi connectivity index (χ1) is 23.2. The fourth-order valence-electron chi connectivity index (χ4n) is 6.53. The summed E-state index contributed by atoms with van der Waals surface area (Å²) >= 11 is 0. The van der Waals surface area contributed by atoms with Gasteiger partial charge in [0.05, 0.1) is 36.5 Å². The maximum absolute atomic E-state index is 12.7. The number of nitrogens with two attached hydrogens (primary N) is 2. The van der Waals surface area contributed by atoms with Crippen molar-refractivity contribution in [2.24, 2.45) is 22.4 Å². The van der Waals surface area contributed by atoms with Crippen LogP contribution in [0.25, 0.3) is 0 Å². The predicted octanol–water partition coefficient (Wildman–Crippen LogP) is 3.30. The number of ether oxygens (including phenoxy) is 2. The van der Waals surface area contributed by atoms with Gasteiger partial charge < -0.3 is 41.2 Å². The van der Waals surface area contributed by atoms with Gasteiger partial charge >= 0.3 is 0 Å². The first kappa shape index (κ1) is 33.5. The number of rotatable bonds is 10. The molecule has 0 saturated carbocycles. The molecule has 0 unspecified atom stereocenters. The molecule has 0 radical (unpaired) electrons. The van der Waals surface area contributed by atoms with Crippen LogP contribution in [0.4, 0.5) is 0 Å². The van der Waals surface area contributed by atoms with Gasteiger partial charge in [0.15, 0.2) is 17.7 Å². The van der Waals surface area contributed by atoms with Gasteiger partial charge in [-0.1, -0.05) is 55.4 Å². The van der Waals surface area contributed by atoms with E-state index in [9.17, 15) is 20.1 Å². The molecule has 0 aromatic heterocycles. The highest BCUT2D eigenvalue weighted by Gasteiger charge is 2.36. The van der Waals surface area contributed by atoms with Crippen molar-refractivity contribution < 1.29 is 29.6 Å². The molecular formula is C38H42N4O6. The Morgan fingerprint density at radius 1 is 1.12 bits per heavy atom. The summed E-state index contributed by atoms with van der Waals surface area (Å²) in [4.78, 5) is 19.5. The molecule has 0 spiro atoms. The number of benzene rings is 2. The molecular weight excluding hydrogens is 608 g/mol. The number of Topliss-reactive ketones (excluding diaryl/α,β-unsaturated/α-hetero) is 1. The Morgan fingerprint density at radius 3 is 2.79 bits per heavy atom. The number of hydrogen-bond donors (Lipinski definition) is 5. The Hall–Kier alpha value is -4.42. The van der Waals surface area contributed by atoms with Crippen LogP contribution in [0.15, 0.2) is 64.9 Å². The van der Waals surface area contributed by atoms with Gasteiger partial charge in [0.2, 0.25) is 0 Å². The second-order valence-electron chi connectivity index (χ2n) is 12.9. The van der Waals surface area contributed by atoms with E-state index in [1.165, 1.54) is 0 Å². The minimum atomic E-state index is -1.06. The van der Waals surface area contributed by atoms with E-state index >= 15 is 0 Å². The molecule has 2 aromatic rings. The van der Waals surface area contributed by atoms with Crippen LogP contribution in [0.5, 0.6) is 11.5 Å². The minimum Gasteiger partial charge on any atom is -0.465 e. The average molecular weight is 651 g/mol. The highest BCUT2D eigenvalue weighted by molar-refractivity contribution is 6.09. The minimum absolute atomic E-state index is 0.00529. The maximum atomic E-state index is 12.7. The highest BCUT2D eigenvalue weighted by atomic mass is 16.5. The Balaban J connectivity index is 1.26. The number of aliphatic hydroxyl groups is 3. The number of carbonyl (C=O) groups excluding carboxylic acids is 1. The van der Waals surface area contributed by atoms with Gasteiger partial charge in [-0.15, -0.1) is 0 Å². The van der Waals surface area contributed by atoms with Crippen LogP contribution in [0, 0.1) is 29.8 Å². The van der Waals surface area contributed by atoms with Gasteiger partial charge in [-0.3, -0.25) is 9.79 Å². The molecule has 10 nitrogen and oxygen atoms in total. The summed E-state index contributed by atoms with van der Waals surface area (Å²) < 4.78 is 12.5. The Kier molecular flexibility index (Phi) is 10.3. The highest BCUT2D eigenvalue weighted by Crippen LogP contribution is 2.37. The van der Waals surface area contributed by atoms with Crippen LogP contribution in [-0.2, 0) is 17.6 Å². The second-order valence-corrected chi connectivity index (χ2v) is 12.9. The number of aliphatic imine (C=N–C) groups is 1. The summed E-state index contributed by atoms with van der Waals surface area (Å²) in [5, 5.41) is 31.6. The fraction of sp³-hybridized carbons (Fsp3) is 0.421. The van der Waals surface area contributed by atoms with E-state index in [2.05, 4.69) is 35.0 Å². The lowest BCUT2D eigenvalue weighted by atomic mass is 9.91. The quantitative estimate of drug-likeness (QED) is 0.192. The van der Waals surface area contributed by atoms with Gasteiger partial charge in [-0.25, -0.2) is 0 Å². The van der Waals surface area contributed by atoms with Crippen molar-refractivity contribution in [3.8, 4) is 35.4 Å². The molecule has 4 aliphatic rings. The Bertz CT molecular complexity index is 1770. The molecule has 10 heteroatoms. The molecule has 0 saturated heterocycles. The summed E-state index contributed by atoms with van der Waals surface area (Å²) in [7, 11) is 0. The molecule has 7 N–H and O–H groups in total. The SMILES string of the molecule is CCC[C@H](O)C[C@@H](O)CC(=O)CCc1ccc2c(c1)O[C@H]1[C@H](C#C[C@@H](O)c3ccc(C(N)N)cc3CC3=CN=C4CN1C=C34)CC#CO2. The van der Waals surface area contributed by atoms with E-state index in [4.69, 9.17) is 25.9 Å². The maximum Gasteiger partial charge on any atom is 0.187 e. The van der Waals surface area contributed by atoms with Crippen LogP contribution in [0.1, 0.15) is 80.0 Å². The summed E-state index contributed by atoms with van der Waals surface area (Å²) in [5.41, 5.74) is 18.1. The largest absolute Gasteiger partial charge is 0.465 e. The fourth-order valence-corrected chi connectivity index (χ4v) is 6.53. The van der Waals surface area contributed by atoms with E-state index in [0.29, 0.717) is 49.3 Å². The van der Waals surface area contributed by atoms with Crippen LogP contribution in [0.3, 0.4) is 0 Å². The zero-order chi connectivity index (χ0) is 33.8. The molecule has 6 rings (SSSR count). The van der Waals surface area contributed by atoms with Gasteiger partial charge in [0.25, 0.3) is 0 Å². The number of fused-ring (bicyclic) bond motifs is 5. The third-order valence-corrected chi connectivity index (χ3v) is 9.10. The summed E-state index contributed by atoms with van der Waals surface area (Å²) in [6.07, 6.45) is 6.10.